The van der Waals surface area contributed by atoms with Crippen LogP contribution in [0.4, 0.5) is 5.82 Å². The molecule has 0 atom stereocenters. The van der Waals surface area contributed by atoms with Crippen LogP contribution in [0.1, 0.15) is 25.2 Å². The van der Waals surface area contributed by atoms with Crippen LogP contribution < -0.4 is 5.32 Å². The monoisotopic (exact) mass is 405 g/mol. The summed E-state index contributed by atoms with van der Waals surface area (Å²) in [4.78, 5) is 25.1. The average Bonchev–Trinajstić information content (AvgIpc) is 3.04. The first-order valence-corrected chi connectivity index (χ1v) is 9.86. The number of sulfonamides is 1. The Morgan fingerprint density at radius 2 is 1.93 bits per heavy atom. The third kappa shape index (κ3) is 3.38. The Bertz CT molecular complexity index is 1080. The van der Waals surface area contributed by atoms with E-state index < -0.39 is 27.8 Å². The maximum atomic E-state index is 12.9. The van der Waals surface area contributed by atoms with Crippen molar-refractivity contribution in [3.63, 3.8) is 0 Å². The molecule has 0 aliphatic carbocycles. The van der Waals surface area contributed by atoms with Gasteiger partial charge >= 0.3 is 5.97 Å². The molecule has 0 unspecified atom stereocenters. The summed E-state index contributed by atoms with van der Waals surface area (Å²) in [5.41, 5.74) is -0.190. The Labute approximate surface area is 162 Å². The van der Waals surface area contributed by atoms with E-state index in [-0.39, 0.29) is 27.7 Å². The number of anilines is 1. The summed E-state index contributed by atoms with van der Waals surface area (Å²) < 4.78 is 36.9. The van der Waals surface area contributed by atoms with E-state index in [2.05, 4.69) is 10.5 Å². The van der Waals surface area contributed by atoms with E-state index in [1.54, 1.807) is 32.9 Å². The van der Waals surface area contributed by atoms with Crippen molar-refractivity contribution in [2.45, 2.75) is 25.7 Å². The Morgan fingerprint density at radius 1 is 1.25 bits per heavy atom. The highest BCUT2D eigenvalue weighted by atomic mass is 32.2. The van der Waals surface area contributed by atoms with Crippen molar-refractivity contribution >= 4 is 33.5 Å². The lowest BCUT2D eigenvalue weighted by atomic mass is 10.1. The highest BCUT2D eigenvalue weighted by Gasteiger charge is 2.39. The first-order valence-electron chi connectivity index (χ1n) is 8.42. The van der Waals surface area contributed by atoms with Crippen molar-refractivity contribution < 1.29 is 27.3 Å². The number of likely N-dealkylation sites (N-methyl/N-ethyl adjacent to an activating group) is 1. The summed E-state index contributed by atoms with van der Waals surface area (Å²) in [6, 6.07) is 7.49. The zero-order valence-corrected chi connectivity index (χ0v) is 16.5. The van der Waals surface area contributed by atoms with Gasteiger partial charge in [0.1, 0.15) is 5.76 Å². The van der Waals surface area contributed by atoms with Crippen LogP contribution in [0.25, 0.3) is 5.76 Å². The fraction of sp³-hybridized carbons (Fsp3) is 0.278. The summed E-state index contributed by atoms with van der Waals surface area (Å²) in [7, 11) is -2.79. The molecule has 10 heteroatoms. The minimum atomic E-state index is -4.01. The van der Waals surface area contributed by atoms with Gasteiger partial charge in [0.15, 0.2) is 17.3 Å². The Balaban J connectivity index is 2.17. The number of aromatic nitrogens is 1. The second kappa shape index (κ2) is 7.12. The molecule has 1 amide bonds. The maximum Gasteiger partial charge on any atom is 0.313 e. The fourth-order valence-corrected chi connectivity index (χ4v) is 3.98. The third-order valence-electron chi connectivity index (χ3n) is 4.06. The van der Waals surface area contributed by atoms with Crippen LogP contribution in [-0.2, 0) is 24.3 Å². The molecule has 0 saturated carbocycles. The lowest BCUT2D eigenvalue weighted by molar-refractivity contribution is -0.140. The molecule has 3 rings (SSSR count). The quantitative estimate of drug-likeness (QED) is 0.774. The number of hydrogen-bond donors (Lipinski definition) is 1. The number of nitrogens with zero attached hydrogens (tertiary/aromatic N) is 2. The zero-order chi connectivity index (χ0) is 20.6. The zero-order valence-electron chi connectivity index (χ0n) is 15.7. The molecule has 2 heterocycles. The summed E-state index contributed by atoms with van der Waals surface area (Å²) in [5.74, 6) is -1.45. The van der Waals surface area contributed by atoms with Gasteiger partial charge in [-0.1, -0.05) is 31.1 Å². The van der Waals surface area contributed by atoms with Crippen LogP contribution in [0, 0.1) is 12.8 Å². The molecule has 1 aromatic carbocycles. The molecular formula is C18H19N3O6S. The molecule has 9 nitrogen and oxygen atoms in total. The van der Waals surface area contributed by atoms with Crippen molar-refractivity contribution in [3.8, 4) is 0 Å². The average molecular weight is 405 g/mol. The third-order valence-corrected chi connectivity index (χ3v) is 5.87. The van der Waals surface area contributed by atoms with Gasteiger partial charge in [0, 0.05) is 18.7 Å². The van der Waals surface area contributed by atoms with E-state index in [0.29, 0.717) is 5.76 Å². The maximum absolute atomic E-state index is 12.9. The van der Waals surface area contributed by atoms with Gasteiger partial charge in [0.05, 0.1) is 10.8 Å². The number of amides is 1. The minimum absolute atomic E-state index is 0.0575. The minimum Gasteiger partial charge on any atom is -0.423 e. The fourth-order valence-electron chi connectivity index (χ4n) is 2.59. The van der Waals surface area contributed by atoms with Crippen LogP contribution >= 0.6 is 0 Å². The number of rotatable bonds is 4. The number of benzene rings is 1. The van der Waals surface area contributed by atoms with Gasteiger partial charge < -0.3 is 14.6 Å². The van der Waals surface area contributed by atoms with E-state index in [1.165, 1.54) is 25.2 Å². The van der Waals surface area contributed by atoms with Crippen LogP contribution in [0.15, 0.2) is 45.4 Å². The van der Waals surface area contributed by atoms with Crippen molar-refractivity contribution in [1.29, 1.82) is 0 Å². The summed E-state index contributed by atoms with van der Waals surface area (Å²) >= 11 is 0. The van der Waals surface area contributed by atoms with Crippen molar-refractivity contribution in [2.24, 2.45) is 5.92 Å². The Hall–Kier alpha value is -3.14. The molecule has 1 N–H and O–H groups in total. The second-order valence-corrected chi connectivity index (χ2v) is 8.44. The lowest BCUT2D eigenvalue weighted by Gasteiger charge is -2.30. The molecule has 0 saturated heterocycles. The normalized spacial score (nSPS) is 15.4. The highest BCUT2D eigenvalue weighted by molar-refractivity contribution is 7.89. The number of carbonyl (C=O) groups excluding carboxylic acids is 2. The van der Waals surface area contributed by atoms with Crippen LogP contribution in [0.5, 0.6) is 0 Å². The number of ether oxygens (including phenoxy) is 1. The molecule has 1 aromatic heterocycles. The predicted octanol–water partition coefficient (Wildman–Crippen LogP) is 2.12. The van der Waals surface area contributed by atoms with E-state index in [4.69, 9.17) is 9.26 Å². The standard InChI is InChI=1S/C18H19N3O6S/c1-10(2)18(23)26-16-12-7-5-6-8-13(12)28(24,25)21(4)15(16)17(22)19-14-9-11(3)27-20-14/h5-10H,1-4H3,(H,19,20,22). The Kier molecular flexibility index (Phi) is 4.99. The van der Waals surface area contributed by atoms with Gasteiger partial charge in [-0.25, -0.2) is 8.42 Å². The molecule has 1 aliphatic heterocycles. The molecule has 1 aliphatic rings. The van der Waals surface area contributed by atoms with Gasteiger partial charge in [-0.05, 0) is 19.1 Å². The van der Waals surface area contributed by atoms with Gasteiger partial charge in [-0.15, -0.1) is 0 Å². The number of esters is 1. The Morgan fingerprint density at radius 3 is 2.54 bits per heavy atom. The molecule has 28 heavy (non-hydrogen) atoms. The van der Waals surface area contributed by atoms with Crippen LogP contribution in [0.3, 0.4) is 0 Å². The van der Waals surface area contributed by atoms with Gasteiger partial charge in [-0.3, -0.25) is 13.9 Å². The molecule has 0 fully saturated rings. The first kappa shape index (κ1) is 19.6. The number of fused-ring (bicyclic) bond motifs is 1. The van der Waals surface area contributed by atoms with Crippen LogP contribution in [0.2, 0.25) is 0 Å². The molecule has 0 radical (unpaired) electrons. The number of nitrogens with one attached hydrogen (secondary N) is 1. The lowest BCUT2D eigenvalue weighted by Crippen LogP contribution is -2.38. The topological polar surface area (TPSA) is 119 Å². The number of aryl methyl sites for hydroxylation is 1. The van der Waals surface area contributed by atoms with E-state index >= 15 is 0 Å². The predicted molar refractivity (Wildman–Crippen MR) is 99.1 cm³/mol. The molecule has 0 bridgehead atoms. The smallest absolute Gasteiger partial charge is 0.313 e. The summed E-state index contributed by atoms with van der Waals surface area (Å²) in [5, 5.41) is 6.13. The first-order chi connectivity index (χ1) is 13.1. The largest absolute Gasteiger partial charge is 0.423 e. The SMILES string of the molecule is Cc1cc(NC(=O)C2=C(OC(=O)C(C)C)c3ccccc3S(=O)(=O)N2C)no1. The van der Waals surface area contributed by atoms with Crippen molar-refractivity contribution in [2.75, 3.05) is 12.4 Å². The molecule has 2 aromatic rings. The molecule has 148 valence electrons. The molecule has 0 spiro atoms. The summed E-state index contributed by atoms with van der Waals surface area (Å²) in [6.07, 6.45) is 0. The second-order valence-electron chi connectivity index (χ2n) is 6.50. The van der Waals surface area contributed by atoms with Gasteiger partial charge in [0.2, 0.25) is 0 Å². The van der Waals surface area contributed by atoms with Gasteiger partial charge in [-0.2, -0.15) is 0 Å². The van der Waals surface area contributed by atoms with E-state index in [1.807, 2.05) is 0 Å². The molecular weight excluding hydrogens is 386 g/mol. The summed E-state index contributed by atoms with van der Waals surface area (Å²) in [6.45, 7) is 4.91. The van der Waals surface area contributed by atoms with E-state index in [9.17, 15) is 18.0 Å². The van der Waals surface area contributed by atoms with Crippen molar-refractivity contribution in [3.05, 3.63) is 47.4 Å². The number of hydrogen-bond acceptors (Lipinski definition) is 7. The van der Waals surface area contributed by atoms with Gasteiger partial charge in [0.25, 0.3) is 15.9 Å². The van der Waals surface area contributed by atoms with Crippen LogP contribution in [-0.4, -0.2) is 36.8 Å². The number of carbonyl (C=O) groups is 2. The highest BCUT2D eigenvalue weighted by Crippen LogP contribution is 2.37. The van der Waals surface area contributed by atoms with Crippen molar-refractivity contribution in [1.82, 2.24) is 9.46 Å². The van der Waals surface area contributed by atoms with E-state index in [0.717, 1.165) is 4.31 Å².